The van der Waals surface area contributed by atoms with E-state index in [1.54, 1.807) is 0 Å². The van der Waals surface area contributed by atoms with E-state index < -0.39 is 0 Å². The number of thiophene rings is 1. The van der Waals surface area contributed by atoms with Gasteiger partial charge in [-0.3, -0.25) is 0 Å². The van der Waals surface area contributed by atoms with Gasteiger partial charge in [0.1, 0.15) is 12.4 Å². The molecule has 0 atom stereocenters. The molecule has 0 bridgehead atoms. The maximum absolute atomic E-state index is 5.71. The smallest absolute Gasteiger partial charge is 0.122 e. The first-order valence-electron chi connectivity index (χ1n) is 5.24. The largest absolute Gasteiger partial charge is 0.488 e. The van der Waals surface area contributed by atoms with Gasteiger partial charge in [-0.1, -0.05) is 28.9 Å². The Morgan fingerprint density at radius 2 is 2.00 bits per heavy atom. The summed E-state index contributed by atoms with van der Waals surface area (Å²) < 4.78 is 6.76. The highest BCUT2D eigenvalue weighted by atomic mass is 79.9. The van der Waals surface area contributed by atoms with Crippen LogP contribution in [-0.2, 0) is 13.0 Å². The fourth-order valence-corrected chi connectivity index (χ4v) is 2.65. The second-order valence-electron chi connectivity index (χ2n) is 3.47. The minimum absolute atomic E-state index is 0.654. The van der Waals surface area contributed by atoms with Gasteiger partial charge in [0.15, 0.2) is 0 Å². The monoisotopic (exact) mass is 296 g/mol. The van der Waals surface area contributed by atoms with Gasteiger partial charge in [-0.15, -0.1) is 11.3 Å². The van der Waals surface area contributed by atoms with Gasteiger partial charge >= 0.3 is 0 Å². The van der Waals surface area contributed by atoms with E-state index >= 15 is 0 Å². The van der Waals surface area contributed by atoms with E-state index in [-0.39, 0.29) is 0 Å². The molecule has 1 heterocycles. The van der Waals surface area contributed by atoms with Crippen molar-refractivity contribution >= 4 is 27.3 Å². The lowest BCUT2D eigenvalue weighted by atomic mass is 10.3. The molecule has 1 aromatic carbocycles. The van der Waals surface area contributed by atoms with Crippen molar-refractivity contribution in [3.63, 3.8) is 0 Å². The predicted molar refractivity (Wildman–Crippen MR) is 72.2 cm³/mol. The molecule has 0 aliphatic heterocycles. The molecule has 0 aliphatic rings. The van der Waals surface area contributed by atoms with Crippen LogP contribution >= 0.6 is 27.3 Å². The Morgan fingerprint density at radius 1 is 1.19 bits per heavy atom. The van der Waals surface area contributed by atoms with Gasteiger partial charge in [-0.2, -0.15) is 0 Å². The van der Waals surface area contributed by atoms with E-state index in [0.717, 1.165) is 16.6 Å². The lowest BCUT2D eigenvalue weighted by molar-refractivity contribution is 0.309. The molecule has 0 aliphatic carbocycles. The fourth-order valence-electron chi connectivity index (χ4n) is 1.40. The van der Waals surface area contributed by atoms with Gasteiger partial charge in [0, 0.05) is 14.2 Å². The zero-order valence-corrected chi connectivity index (χ0v) is 11.5. The summed E-state index contributed by atoms with van der Waals surface area (Å²) in [5.74, 6) is 0.904. The Labute approximate surface area is 108 Å². The molecule has 2 rings (SSSR count). The van der Waals surface area contributed by atoms with E-state index in [1.807, 2.05) is 35.6 Å². The first kappa shape index (κ1) is 11.7. The molecule has 2 aromatic rings. The summed E-state index contributed by atoms with van der Waals surface area (Å²) in [6.45, 7) is 2.83. The first-order chi connectivity index (χ1) is 7.78. The van der Waals surface area contributed by atoms with Crippen LogP contribution in [0.1, 0.15) is 16.7 Å². The van der Waals surface area contributed by atoms with E-state index in [1.165, 1.54) is 9.75 Å². The molecule has 16 heavy (non-hydrogen) atoms. The third-order valence-electron chi connectivity index (χ3n) is 2.24. The molecule has 0 saturated carbocycles. The molecule has 0 spiro atoms. The highest BCUT2D eigenvalue weighted by Crippen LogP contribution is 2.21. The molecule has 84 valence electrons. The number of rotatable bonds is 4. The molecule has 1 nitrogen and oxygen atoms in total. The van der Waals surface area contributed by atoms with Crippen molar-refractivity contribution in [3.8, 4) is 5.75 Å². The van der Waals surface area contributed by atoms with Gasteiger partial charge in [-0.05, 0) is 36.8 Å². The van der Waals surface area contributed by atoms with Crippen LogP contribution in [0.15, 0.2) is 40.9 Å². The standard InChI is InChI=1S/C13H13BrOS/c1-2-12-6-7-13(16-12)9-15-11-5-3-4-10(14)8-11/h3-8H,2,9H2,1H3. The van der Waals surface area contributed by atoms with Crippen LogP contribution < -0.4 is 4.74 Å². The van der Waals surface area contributed by atoms with E-state index in [4.69, 9.17) is 4.74 Å². The van der Waals surface area contributed by atoms with Crippen molar-refractivity contribution in [3.05, 3.63) is 50.6 Å². The molecular weight excluding hydrogens is 284 g/mol. The van der Waals surface area contributed by atoms with Crippen molar-refractivity contribution in [2.24, 2.45) is 0 Å². The number of halogens is 1. The number of hydrogen-bond acceptors (Lipinski definition) is 2. The molecule has 3 heteroatoms. The molecular formula is C13H13BrOS. The zero-order chi connectivity index (χ0) is 11.4. The van der Waals surface area contributed by atoms with Gasteiger partial charge in [0.2, 0.25) is 0 Å². The predicted octanol–water partition coefficient (Wildman–Crippen LogP) is 4.65. The number of ether oxygens (including phenoxy) is 1. The van der Waals surface area contributed by atoms with Crippen LogP contribution in [0, 0.1) is 0 Å². The molecule has 0 N–H and O–H groups in total. The topological polar surface area (TPSA) is 9.23 Å². The Kier molecular flexibility index (Phi) is 4.02. The summed E-state index contributed by atoms with van der Waals surface area (Å²) >= 11 is 5.25. The van der Waals surface area contributed by atoms with E-state index in [2.05, 4.69) is 35.0 Å². The maximum atomic E-state index is 5.71. The lowest BCUT2D eigenvalue weighted by Gasteiger charge is -2.04. The van der Waals surface area contributed by atoms with Crippen LogP contribution in [-0.4, -0.2) is 0 Å². The van der Waals surface area contributed by atoms with Crippen LogP contribution in [0.4, 0.5) is 0 Å². The summed E-state index contributed by atoms with van der Waals surface area (Å²) in [4.78, 5) is 2.68. The van der Waals surface area contributed by atoms with Gasteiger partial charge in [-0.25, -0.2) is 0 Å². The highest BCUT2D eigenvalue weighted by molar-refractivity contribution is 9.10. The van der Waals surface area contributed by atoms with Crippen LogP contribution in [0.3, 0.4) is 0 Å². The third kappa shape index (κ3) is 3.09. The SMILES string of the molecule is CCc1ccc(COc2cccc(Br)c2)s1. The number of benzene rings is 1. The second-order valence-corrected chi connectivity index (χ2v) is 5.64. The van der Waals surface area contributed by atoms with Crippen LogP contribution in [0.2, 0.25) is 0 Å². The summed E-state index contributed by atoms with van der Waals surface area (Å²) in [6, 6.07) is 12.2. The van der Waals surface area contributed by atoms with Gasteiger partial charge in [0.25, 0.3) is 0 Å². The molecule has 1 aromatic heterocycles. The average molecular weight is 297 g/mol. The van der Waals surface area contributed by atoms with Crippen molar-refractivity contribution < 1.29 is 4.74 Å². The Balaban J connectivity index is 1.96. The normalized spacial score (nSPS) is 10.4. The number of aryl methyl sites for hydroxylation is 1. The van der Waals surface area contributed by atoms with Gasteiger partial charge < -0.3 is 4.74 Å². The Morgan fingerprint density at radius 3 is 2.69 bits per heavy atom. The minimum atomic E-state index is 0.654. The Hall–Kier alpha value is -0.800. The van der Waals surface area contributed by atoms with Crippen molar-refractivity contribution in [1.29, 1.82) is 0 Å². The van der Waals surface area contributed by atoms with Crippen molar-refractivity contribution in [1.82, 2.24) is 0 Å². The van der Waals surface area contributed by atoms with E-state index in [9.17, 15) is 0 Å². The second kappa shape index (κ2) is 5.51. The minimum Gasteiger partial charge on any atom is -0.488 e. The zero-order valence-electron chi connectivity index (χ0n) is 9.07. The third-order valence-corrected chi connectivity index (χ3v) is 3.94. The average Bonchev–Trinajstić information content (AvgIpc) is 2.74. The summed E-state index contributed by atoms with van der Waals surface area (Å²) in [7, 11) is 0. The van der Waals surface area contributed by atoms with Crippen LogP contribution in [0.25, 0.3) is 0 Å². The summed E-state index contributed by atoms with van der Waals surface area (Å²) in [5.41, 5.74) is 0. The molecule has 0 fully saturated rings. The molecule has 0 amide bonds. The van der Waals surface area contributed by atoms with E-state index in [0.29, 0.717) is 6.61 Å². The fraction of sp³-hybridized carbons (Fsp3) is 0.231. The molecule has 0 unspecified atom stereocenters. The number of hydrogen-bond donors (Lipinski definition) is 0. The summed E-state index contributed by atoms with van der Waals surface area (Å²) in [6.07, 6.45) is 1.10. The summed E-state index contributed by atoms with van der Waals surface area (Å²) in [5, 5.41) is 0. The lowest BCUT2D eigenvalue weighted by Crippen LogP contribution is -1.92. The molecule has 0 saturated heterocycles. The first-order valence-corrected chi connectivity index (χ1v) is 6.85. The quantitative estimate of drug-likeness (QED) is 0.798. The highest BCUT2D eigenvalue weighted by Gasteiger charge is 2.00. The van der Waals surface area contributed by atoms with Crippen molar-refractivity contribution in [2.45, 2.75) is 20.0 Å². The maximum Gasteiger partial charge on any atom is 0.122 e. The van der Waals surface area contributed by atoms with Crippen molar-refractivity contribution in [2.75, 3.05) is 0 Å². The van der Waals surface area contributed by atoms with Gasteiger partial charge in [0.05, 0.1) is 0 Å². The Bertz CT molecular complexity index is 464. The van der Waals surface area contributed by atoms with Crippen LogP contribution in [0.5, 0.6) is 5.75 Å². The molecule has 0 radical (unpaired) electrons.